The average Bonchev–Trinajstić information content (AvgIpc) is 2.64. The van der Waals surface area contributed by atoms with Gasteiger partial charge in [0.15, 0.2) is 0 Å². The Labute approximate surface area is 89.7 Å². The van der Waals surface area contributed by atoms with Crippen LogP contribution in [0.2, 0.25) is 0 Å². The minimum absolute atomic E-state index is 0.224. The van der Waals surface area contributed by atoms with Crippen molar-refractivity contribution in [3.63, 3.8) is 0 Å². The number of hydrogen-bond donors (Lipinski definition) is 2. The zero-order chi connectivity index (χ0) is 10.8. The second-order valence-electron chi connectivity index (χ2n) is 4.02. The van der Waals surface area contributed by atoms with E-state index in [-0.39, 0.29) is 6.10 Å². The van der Waals surface area contributed by atoms with Gasteiger partial charge in [-0.05, 0) is 25.0 Å². The zero-order valence-electron chi connectivity index (χ0n) is 8.98. The third kappa shape index (κ3) is 1.96. The number of nitrogens with two attached hydrogens (primary N) is 1. The first-order valence-corrected chi connectivity index (χ1v) is 5.30. The molecule has 15 heavy (non-hydrogen) atoms. The van der Waals surface area contributed by atoms with E-state index in [1.165, 1.54) is 5.56 Å². The van der Waals surface area contributed by atoms with Gasteiger partial charge in [0.05, 0.1) is 6.10 Å². The van der Waals surface area contributed by atoms with Gasteiger partial charge in [0.25, 0.3) is 0 Å². The lowest BCUT2D eigenvalue weighted by Gasteiger charge is -2.20. The van der Waals surface area contributed by atoms with Crippen molar-refractivity contribution < 1.29 is 5.11 Å². The number of aliphatic hydroxyl groups is 1. The third-order valence-electron chi connectivity index (χ3n) is 2.93. The Hall–Kier alpha value is -1.13. The molecule has 1 aromatic heterocycles. The second kappa shape index (κ2) is 4.16. The summed E-state index contributed by atoms with van der Waals surface area (Å²) in [4.78, 5) is 6.47. The molecule has 2 rings (SSSR count). The lowest BCUT2D eigenvalue weighted by molar-refractivity contribution is 0.198. The van der Waals surface area contributed by atoms with Gasteiger partial charge in [-0.2, -0.15) is 0 Å². The van der Waals surface area contributed by atoms with Crippen LogP contribution in [0.25, 0.3) is 0 Å². The normalized spacial score (nSPS) is 21.0. The summed E-state index contributed by atoms with van der Waals surface area (Å²) in [6.07, 6.45) is 2.40. The fourth-order valence-electron chi connectivity index (χ4n) is 2.03. The Morgan fingerprint density at radius 1 is 1.67 bits per heavy atom. The first kappa shape index (κ1) is 10.4. The summed E-state index contributed by atoms with van der Waals surface area (Å²) < 4.78 is 0. The van der Waals surface area contributed by atoms with Gasteiger partial charge in [-0.15, -0.1) is 0 Å². The molecule has 0 aliphatic carbocycles. The molecule has 3 N–H and O–H groups in total. The Morgan fingerprint density at radius 2 is 2.47 bits per heavy atom. The van der Waals surface area contributed by atoms with Crippen LogP contribution in [-0.2, 0) is 6.54 Å². The van der Waals surface area contributed by atoms with Crippen LogP contribution in [0.4, 0.5) is 5.82 Å². The average molecular weight is 207 g/mol. The third-order valence-corrected chi connectivity index (χ3v) is 2.93. The van der Waals surface area contributed by atoms with Crippen molar-refractivity contribution in [2.24, 2.45) is 5.73 Å². The summed E-state index contributed by atoms with van der Waals surface area (Å²) in [5.41, 5.74) is 7.98. The van der Waals surface area contributed by atoms with Gasteiger partial charge in [0.1, 0.15) is 5.82 Å². The van der Waals surface area contributed by atoms with Crippen LogP contribution >= 0.6 is 0 Å². The van der Waals surface area contributed by atoms with Gasteiger partial charge in [0, 0.05) is 31.4 Å². The number of aryl methyl sites for hydroxylation is 1. The Morgan fingerprint density at radius 3 is 3.07 bits per heavy atom. The summed E-state index contributed by atoms with van der Waals surface area (Å²) in [5, 5.41) is 9.49. The second-order valence-corrected chi connectivity index (χ2v) is 4.02. The van der Waals surface area contributed by atoms with Gasteiger partial charge in [-0.1, -0.05) is 0 Å². The summed E-state index contributed by atoms with van der Waals surface area (Å²) in [5.74, 6) is 0.939. The monoisotopic (exact) mass is 207 g/mol. The largest absolute Gasteiger partial charge is 0.391 e. The predicted octanol–water partition coefficient (Wildman–Crippen LogP) is 0.420. The Bertz CT molecular complexity index is 354. The molecule has 0 radical (unpaired) electrons. The van der Waals surface area contributed by atoms with Crippen LogP contribution in [0.5, 0.6) is 0 Å². The number of hydrogen-bond acceptors (Lipinski definition) is 4. The van der Waals surface area contributed by atoms with Crippen molar-refractivity contribution >= 4 is 5.82 Å². The fraction of sp³-hybridized carbons (Fsp3) is 0.545. The molecule has 0 bridgehead atoms. The van der Waals surface area contributed by atoms with Gasteiger partial charge in [-0.25, -0.2) is 4.98 Å². The molecule has 0 aromatic carbocycles. The van der Waals surface area contributed by atoms with Crippen LogP contribution in [0.1, 0.15) is 17.5 Å². The molecular formula is C11H17N3O. The molecule has 1 atom stereocenters. The molecule has 1 aliphatic rings. The van der Waals surface area contributed by atoms with Gasteiger partial charge >= 0.3 is 0 Å². The van der Waals surface area contributed by atoms with Gasteiger partial charge in [0.2, 0.25) is 0 Å². The van der Waals surface area contributed by atoms with E-state index in [1.807, 2.05) is 13.0 Å². The molecule has 1 unspecified atom stereocenters. The lowest BCUT2D eigenvalue weighted by atomic mass is 10.1. The van der Waals surface area contributed by atoms with Crippen molar-refractivity contribution in [2.45, 2.75) is 26.0 Å². The number of anilines is 1. The summed E-state index contributed by atoms with van der Waals surface area (Å²) in [7, 11) is 0. The standard InChI is InChI=1S/C11H17N3O/c1-8-2-4-13-11(10(8)6-12)14-5-3-9(15)7-14/h2,4,9,15H,3,5-7,12H2,1H3. The van der Waals surface area contributed by atoms with Gasteiger partial charge < -0.3 is 15.7 Å². The molecule has 4 heteroatoms. The first-order valence-electron chi connectivity index (χ1n) is 5.30. The number of rotatable bonds is 2. The van der Waals surface area contributed by atoms with Crippen LogP contribution < -0.4 is 10.6 Å². The molecule has 2 heterocycles. The Balaban J connectivity index is 2.31. The smallest absolute Gasteiger partial charge is 0.133 e. The van der Waals surface area contributed by atoms with Crippen LogP contribution in [0, 0.1) is 6.92 Å². The fourth-order valence-corrected chi connectivity index (χ4v) is 2.03. The van der Waals surface area contributed by atoms with Crippen LogP contribution in [0.3, 0.4) is 0 Å². The van der Waals surface area contributed by atoms with Crippen molar-refractivity contribution in [1.29, 1.82) is 0 Å². The van der Waals surface area contributed by atoms with Gasteiger partial charge in [-0.3, -0.25) is 0 Å². The van der Waals surface area contributed by atoms with Crippen molar-refractivity contribution in [3.05, 3.63) is 23.4 Å². The molecular weight excluding hydrogens is 190 g/mol. The molecule has 1 saturated heterocycles. The number of pyridine rings is 1. The number of aliphatic hydroxyl groups excluding tert-OH is 1. The highest BCUT2D eigenvalue weighted by Crippen LogP contribution is 2.24. The minimum atomic E-state index is -0.224. The predicted molar refractivity (Wildman–Crippen MR) is 59.7 cm³/mol. The van der Waals surface area contributed by atoms with Crippen molar-refractivity contribution in [3.8, 4) is 0 Å². The highest BCUT2D eigenvalue weighted by molar-refractivity contribution is 5.51. The van der Waals surface area contributed by atoms with Crippen LogP contribution in [0.15, 0.2) is 12.3 Å². The SMILES string of the molecule is Cc1ccnc(N2CCC(O)C2)c1CN. The highest BCUT2D eigenvalue weighted by Gasteiger charge is 2.23. The Kier molecular flexibility index (Phi) is 2.88. The molecule has 82 valence electrons. The minimum Gasteiger partial charge on any atom is -0.391 e. The highest BCUT2D eigenvalue weighted by atomic mass is 16.3. The summed E-state index contributed by atoms with van der Waals surface area (Å²) in [6, 6.07) is 1.97. The van der Waals surface area contributed by atoms with E-state index in [0.717, 1.165) is 24.3 Å². The molecule has 0 amide bonds. The maximum absolute atomic E-state index is 9.49. The van der Waals surface area contributed by atoms with E-state index in [9.17, 15) is 5.11 Å². The van der Waals surface area contributed by atoms with E-state index in [2.05, 4.69) is 9.88 Å². The molecule has 1 fully saturated rings. The zero-order valence-corrected chi connectivity index (χ0v) is 8.98. The molecule has 0 spiro atoms. The maximum Gasteiger partial charge on any atom is 0.133 e. The van der Waals surface area contributed by atoms with E-state index < -0.39 is 0 Å². The van der Waals surface area contributed by atoms with Crippen LogP contribution in [-0.4, -0.2) is 29.3 Å². The van der Waals surface area contributed by atoms with E-state index in [4.69, 9.17) is 5.73 Å². The molecule has 0 saturated carbocycles. The lowest BCUT2D eigenvalue weighted by Crippen LogP contribution is -2.24. The molecule has 1 aliphatic heterocycles. The maximum atomic E-state index is 9.49. The number of β-amino-alcohol motifs (C(OH)–C–C–N with tert-alkyl or cyclic N) is 1. The van der Waals surface area contributed by atoms with Crippen molar-refractivity contribution in [1.82, 2.24) is 4.98 Å². The molecule has 4 nitrogen and oxygen atoms in total. The number of nitrogens with zero attached hydrogens (tertiary/aromatic N) is 2. The molecule has 1 aromatic rings. The van der Waals surface area contributed by atoms with E-state index >= 15 is 0 Å². The quantitative estimate of drug-likeness (QED) is 0.737. The topological polar surface area (TPSA) is 62.4 Å². The number of aromatic nitrogens is 1. The van der Waals surface area contributed by atoms with Crippen molar-refractivity contribution in [2.75, 3.05) is 18.0 Å². The van der Waals surface area contributed by atoms with E-state index in [1.54, 1.807) is 6.20 Å². The summed E-state index contributed by atoms with van der Waals surface area (Å²) in [6.45, 7) is 4.08. The first-order chi connectivity index (χ1) is 7.22. The van der Waals surface area contributed by atoms with E-state index in [0.29, 0.717) is 13.1 Å². The summed E-state index contributed by atoms with van der Waals surface area (Å²) >= 11 is 0.